The van der Waals surface area contributed by atoms with Gasteiger partial charge in [-0.15, -0.1) is 0 Å². The fourth-order valence-electron chi connectivity index (χ4n) is 1.66. The lowest BCUT2D eigenvalue weighted by Crippen LogP contribution is -2.23. The smallest absolute Gasteiger partial charge is 0.142 e. The summed E-state index contributed by atoms with van der Waals surface area (Å²) in [6.45, 7) is 8.77. The molecule has 2 unspecified atom stereocenters. The summed E-state index contributed by atoms with van der Waals surface area (Å²) in [5, 5.41) is 3.51. The molecular formula is C14H23NO. The van der Waals surface area contributed by atoms with E-state index in [-0.39, 0.29) is 0 Å². The summed E-state index contributed by atoms with van der Waals surface area (Å²) in [6, 6.07) is 6.72. The first-order valence-electron chi connectivity index (χ1n) is 5.99. The minimum atomic E-state index is 0.460. The second kappa shape index (κ2) is 5.78. The Hall–Kier alpha value is -1.18. The Morgan fingerprint density at radius 2 is 2.00 bits per heavy atom. The number of anilines is 1. The van der Waals surface area contributed by atoms with Gasteiger partial charge < -0.3 is 10.1 Å². The minimum absolute atomic E-state index is 0.460. The van der Waals surface area contributed by atoms with Crippen molar-refractivity contribution in [3.8, 4) is 5.75 Å². The van der Waals surface area contributed by atoms with Crippen LogP contribution in [0, 0.1) is 12.8 Å². The average molecular weight is 221 g/mol. The van der Waals surface area contributed by atoms with E-state index in [1.54, 1.807) is 7.11 Å². The van der Waals surface area contributed by atoms with E-state index in [9.17, 15) is 0 Å². The Kier molecular flexibility index (Phi) is 4.66. The van der Waals surface area contributed by atoms with Gasteiger partial charge in [-0.2, -0.15) is 0 Å². The van der Waals surface area contributed by atoms with Crippen LogP contribution < -0.4 is 10.1 Å². The van der Waals surface area contributed by atoms with Gasteiger partial charge in [-0.1, -0.05) is 26.3 Å². The van der Waals surface area contributed by atoms with Crippen molar-refractivity contribution in [2.24, 2.45) is 5.92 Å². The Balaban J connectivity index is 2.80. The molecule has 1 aromatic rings. The summed E-state index contributed by atoms with van der Waals surface area (Å²) >= 11 is 0. The van der Waals surface area contributed by atoms with Gasteiger partial charge in [0.1, 0.15) is 5.75 Å². The lowest BCUT2D eigenvalue weighted by molar-refractivity contribution is 0.414. The molecule has 0 fully saturated rings. The van der Waals surface area contributed by atoms with Crippen LogP contribution in [-0.2, 0) is 0 Å². The number of ether oxygens (including phenoxy) is 1. The maximum atomic E-state index is 5.38. The normalized spacial score (nSPS) is 14.3. The highest BCUT2D eigenvalue weighted by Crippen LogP contribution is 2.27. The second-order valence-electron chi connectivity index (χ2n) is 4.52. The third-order valence-corrected chi connectivity index (χ3v) is 3.24. The fourth-order valence-corrected chi connectivity index (χ4v) is 1.66. The van der Waals surface area contributed by atoms with E-state index in [1.807, 2.05) is 0 Å². The van der Waals surface area contributed by atoms with Gasteiger partial charge in [0.15, 0.2) is 0 Å². The molecule has 90 valence electrons. The van der Waals surface area contributed by atoms with Crippen LogP contribution in [0.2, 0.25) is 0 Å². The van der Waals surface area contributed by atoms with Gasteiger partial charge >= 0.3 is 0 Å². The van der Waals surface area contributed by atoms with Gasteiger partial charge in [-0.25, -0.2) is 0 Å². The monoisotopic (exact) mass is 221 g/mol. The highest BCUT2D eigenvalue weighted by atomic mass is 16.5. The number of aryl methyl sites for hydroxylation is 1. The topological polar surface area (TPSA) is 21.3 Å². The van der Waals surface area contributed by atoms with E-state index in [0.29, 0.717) is 12.0 Å². The number of methoxy groups -OCH3 is 1. The quantitative estimate of drug-likeness (QED) is 0.815. The van der Waals surface area contributed by atoms with Crippen molar-refractivity contribution in [3.05, 3.63) is 23.8 Å². The minimum Gasteiger partial charge on any atom is -0.495 e. The average Bonchev–Trinajstić information content (AvgIpc) is 2.30. The summed E-state index contributed by atoms with van der Waals surface area (Å²) in [5.41, 5.74) is 2.31. The zero-order valence-corrected chi connectivity index (χ0v) is 11.0. The molecule has 0 amide bonds. The summed E-state index contributed by atoms with van der Waals surface area (Å²) in [4.78, 5) is 0. The highest BCUT2D eigenvalue weighted by molar-refractivity contribution is 5.58. The van der Waals surface area contributed by atoms with Crippen molar-refractivity contribution in [2.75, 3.05) is 12.4 Å². The van der Waals surface area contributed by atoms with Gasteiger partial charge in [0.05, 0.1) is 12.8 Å². The van der Waals surface area contributed by atoms with Crippen LogP contribution in [0.4, 0.5) is 5.69 Å². The van der Waals surface area contributed by atoms with Crippen molar-refractivity contribution < 1.29 is 4.74 Å². The molecular weight excluding hydrogens is 198 g/mol. The van der Waals surface area contributed by atoms with Crippen LogP contribution in [0.1, 0.15) is 32.8 Å². The summed E-state index contributed by atoms with van der Waals surface area (Å²) in [6.07, 6.45) is 1.18. The van der Waals surface area contributed by atoms with Gasteiger partial charge in [0.25, 0.3) is 0 Å². The number of hydrogen-bond donors (Lipinski definition) is 1. The highest BCUT2D eigenvalue weighted by Gasteiger charge is 2.12. The van der Waals surface area contributed by atoms with E-state index >= 15 is 0 Å². The summed E-state index contributed by atoms with van der Waals surface area (Å²) in [7, 11) is 1.72. The van der Waals surface area contributed by atoms with E-state index < -0.39 is 0 Å². The zero-order chi connectivity index (χ0) is 12.1. The maximum Gasteiger partial charge on any atom is 0.142 e. The first-order chi connectivity index (χ1) is 7.58. The largest absolute Gasteiger partial charge is 0.495 e. The zero-order valence-electron chi connectivity index (χ0n) is 11.0. The molecule has 16 heavy (non-hydrogen) atoms. The number of hydrogen-bond acceptors (Lipinski definition) is 2. The first kappa shape index (κ1) is 12.9. The predicted molar refractivity (Wildman–Crippen MR) is 70.3 cm³/mol. The molecule has 2 atom stereocenters. The van der Waals surface area contributed by atoms with Crippen LogP contribution in [0.15, 0.2) is 18.2 Å². The van der Waals surface area contributed by atoms with E-state index in [2.05, 4.69) is 51.2 Å². The molecule has 0 spiro atoms. The van der Waals surface area contributed by atoms with E-state index in [4.69, 9.17) is 4.74 Å². The molecule has 0 aromatic heterocycles. The lowest BCUT2D eigenvalue weighted by atomic mass is 10.0. The predicted octanol–water partition coefficient (Wildman–Crippen LogP) is 3.85. The van der Waals surface area contributed by atoms with E-state index in [1.165, 1.54) is 12.0 Å². The fraction of sp³-hybridized carbons (Fsp3) is 0.571. The Bertz CT molecular complexity index is 336. The molecule has 0 aliphatic rings. The number of nitrogens with one attached hydrogen (secondary N) is 1. The van der Waals surface area contributed by atoms with Crippen molar-refractivity contribution in [2.45, 2.75) is 40.2 Å². The van der Waals surface area contributed by atoms with Crippen LogP contribution in [0.25, 0.3) is 0 Å². The van der Waals surface area contributed by atoms with Crippen molar-refractivity contribution in [1.29, 1.82) is 0 Å². The molecule has 2 nitrogen and oxygen atoms in total. The lowest BCUT2D eigenvalue weighted by Gasteiger charge is -2.22. The molecule has 0 aliphatic heterocycles. The Morgan fingerprint density at radius 3 is 2.56 bits per heavy atom. The Labute approximate surface area is 99.0 Å². The van der Waals surface area contributed by atoms with Crippen LogP contribution in [0.3, 0.4) is 0 Å². The third-order valence-electron chi connectivity index (χ3n) is 3.24. The summed E-state index contributed by atoms with van der Waals surface area (Å²) < 4.78 is 5.38. The molecule has 0 radical (unpaired) electrons. The van der Waals surface area contributed by atoms with Gasteiger partial charge in [0, 0.05) is 6.04 Å². The number of benzene rings is 1. The molecule has 2 heteroatoms. The van der Waals surface area contributed by atoms with Crippen LogP contribution >= 0.6 is 0 Å². The molecule has 0 saturated carbocycles. The summed E-state index contributed by atoms with van der Waals surface area (Å²) in [5.74, 6) is 1.58. The maximum absolute atomic E-state index is 5.38. The van der Waals surface area contributed by atoms with Crippen molar-refractivity contribution in [3.63, 3.8) is 0 Å². The molecule has 0 aliphatic carbocycles. The molecule has 1 rings (SSSR count). The standard InChI is InChI=1S/C14H23NO/c1-6-11(3)12(4)15-13-8-7-10(2)9-14(13)16-5/h7-9,11-12,15H,6H2,1-5H3. The molecule has 1 N–H and O–H groups in total. The van der Waals surface area contributed by atoms with Crippen molar-refractivity contribution in [1.82, 2.24) is 0 Å². The third kappa shape index (κ3) is 3.16. The molecule has 1 aromatic carbocycles. The molecule has 0 saturated heterocycles. The molecule has 0 heterocycles. The first-order valence-corrected chi connectivity index (χ1v) is 5.99. The molecule has 0 bridgehead atoms. The van der Waals surface area contributed by atoms with Gasteiger partial charge in [0.2, 0.25) is 0 Å². The number of rotatable bonds is 5. The van der Waals surface area contributed by atoms with Crippen molar-refractivity contribution >= 4 is 5.69 Å². The SMILES string of the molecule is CCC(C)C(C)Nc1ccc(C)cc1OC. The van der Waals surface area contributed by atoms with Gasteiger partial charge in [-0.05, 0) is 37.5 Å². The van der Waals surface area contributed by atoms with Crippen LogP contribution in [0.5, 0.6) is 5.75 Å². The van der Waals surface area contributed by atoms with E-state index in [0.717, 1.165) is 11.4 Å². The van der Waals surface area contributed by atoms with Crippen LogP contribution in [-0.4, -0.2) is 13.2 Å². The second-order valence-corrected chi connectivity index (χ2v) is 4.52. The van der Waals surface area contributed by atoms with Gasteiger partial charge in [-0.3, -0.25) is 0 Å². The Morgan fingerprint density at radius 1 is 1.31 bits per heavy atom.